The van der Waals surface area contributed by atoms with Gasteiger partial charge in [0.05, 0.1) is 22.5 Å². The summed E-state index contributed by atoms with van der Waals surface area (Å²) in [7, 11) is 0. The van der Waals surface area contributed by atoms with Gasteiger partial charge in [-0.15, -0.1) is 0 Å². The minimum Gasteiger partial charge on any atom is -0.277 e. The zero-order valence-electron chi connectivity index (χ0n) is 15.5. The van der Waals surface area contributed by atoms with Gasteiger partial charge in [0.15, 0.2) is 0 Å². The van der Waals surface area contributed by atoms with E-state index in [-0.39, 0.29) is 5.91 Å². The molecule has 1 atom stereocenters. The quantitative estimate of drug-likeness (QED) is 0.595. The van der Waals surface area contributed by atoms with Crippen LogP contribution in [-0.2, 0) is 4.79 Å². The Morgan fingerprint density at radius 1 is 0.759 bits per heavy atom. The van der Waals surface area contributed by atoms with Crippen molar-refractivity contribution in [1.29, 1.82) is 0 Å². The molecular weight excluding hydrogens is 384 g/mol. The molecule has 0 aromatic heterocycles. The molecule has 5 rings (SSSR count). The molecule has 0 N–H and O–H groups in total. The van der Waals surface area contributed by atoms with Crippen molar-refractivity contribution < 1.29 is 14.4 Å². The summed E-state index contributed by atoms with van der Waals surface area (Å²) < 4.78 is 0. The smallest absolute Gasteiger partial charge is 0.262 e. The lowest BCUT2D eigenvalue weighted by molar-refractivity contribution is -0.121. The second-order valence-electron chi connectivity index (χ2n) is 6.91. The van der Waals surface area contributed by atoms with E-state index < -0.39 is 17.9 Å². The Bertz CT molecular complexity index is 1110. The summed E-state index contributed by atoms with van der Waals surface area (Å²) in [6, 6.07) is 21.0. The zero-order chi connectivity index (χ0) is 20.1. The van der Waals surface area contributed by atoms with Crippen LogP contribution in [0.1, 0.15) is 27.6 Å². The predicted molar refractivity (Wildman–Crippen MR) is 111 cm³/mol. The van der Waals surface area contributed by atoms with E-state index in [1.54, 1.807) is 47.9 Å². The monoisotopic (exact) mass is 400 g/mol. The Balaban J connectivity index is 1.57. The number of hydrogen-bond donors (Lipinski definition) is 0. The van der Waals surface area contributed by atoms with Gasteiger partial charge >= 0.3 is 0 Å². The fourth-order valence-corrected chi connectivity index (χ4v) is 4.86. The molecule has 0 bridgehead atoms. The number of benzene rings is 3. The molecule has 0 radical (unpaired) electrons. The molecule has 2 aliphatic rings. The van der Waals surface area contributed by atoms with Crippen molar-refractivity contribution in [2.45, 2.75) is 22.8 Å². The number of nitrogens with zero attached hydrogens (tertiary/aromatic N) is 2. The zero-order valence-corrected chi connectivity index (χ0v) is 16.3. The van der Waals surface area contributed by atoms with E-state index in [1.165, 1.54) is 0 Å². The molecule has 3 aromatic carbocycles. The first kappa shape index (κ1) is 17.7. The van der Waals surface area contributed by atoms with E-state index in [0.717, 1.165) is 26.1 Å². The van der Waals surface area contributed by atoms with Crippen LogP contribution in [0.15, 0.2) is 82.6 Å². The summed E-state index contributed by atoms with van der Waals surface area (Å²) in [6.07, 6.45) is 0. The van der Waals surface area contributed by atoms with E-state index in [0.29, 0.717) is 11.1 Å². The van der Waals surface area contributed by atoms with Gasteiger partial charge in [-0.25, -0.2) is 0 Å². The largest absolute Gasteiger partial charge is 0.277 e. The highest BCUT2D eigenvalue weighted by Gasteiger charge is 2.43. The number of rotatable bonds is 2. The molecule has 6 heteroatoms. The number of carbonyl (C=O) groups excluding carboxylic acids is 3. The van der Waals surface area contributed by atoms with Crippen LogP contribution in [0.2, 0.25) is 0 Å². The molecule has 5 nitrogen and oxygen atoms in total. The van der Waals surface area contributed by atoms with Gasteiger partial charge in [-0.05, 0) is 43.3 Å². The van der Waals surface area contributed by atoms with Crippen LogP contribution in [0.4, 0.5) is 11.4 Å². The van der Waals surface area contributed by atoms with Crippen molar-refractivity contribution >= 4 is 40.9 Å². The van der Waals surface area contributed by atoms with E-state index in [4.69, 9.17) is 0 Å². The molecule has 0 unspecified atom stereocenters. The van der Waals surface area contributed by atoms with Crippen LogP contribution >= 0.6 is 11.8 Å². The SMILES string of the molecule is C[C@H](C(=O)N1c2ccccc2Sc2ccccc21)N1C(=O)c2ccccc2C1=O. The summed E-state index contributed by atoms with van der Waals surface area (Å²) in [6.45, 7) is 1.61. The lowest BCUT2D eigenvalue weighted by atomic mass is 10.1. The van der Waals surface area contributed by atoms with Crippen LogP contribution in [0, 0.1) is 0 Å². The van der Waals surface area contributed by atoms with Gasteiger partial charge < -0.3 is 0 Å². The van der Waals surface area contributed by atoms with E-state index in [9.17, 15) is 14.4 Å². The number of imide groups is 1. The van der Waals surface area contributed by atoms with Crippen LogP contribution in [0.5, 0.6) is 0 Å². The summed E-state index contributed by atoms with van der Waals surface area (Å²) >= 11 is 1.60. The third-order valence-corrected chi connectivity index (χ3v) is 6.35. The van der Waals surface area contributed by atoms with Crippen molar-refractivity contribution in [3.8, 4) is 0 Å². The molecular formula is C23H16N2O3S. The molecule has 2 aliphatic heterocycles. The molecule has 3 amide bonds. The van der Waals surface area contributed by atoms with Gasteiger partial charge in [0, 0.05) is 9.79 Å². The summed E-state index contributed by atoms with van der Waals surface area (Å²) in [5, 5.41) is 0. The van der Waals surface area contributed by atoms with Gasteiger partial charge in [0.2, 0.25) is 0 Å². The second-order valence-corrected chi connectivity index (χ2v) is 8.00. The van der Waals surface area contributed by atoms with Crippen LogP contribution in [0.3, 0.4) is 0 Å². The van der Waals surface area contributed by atoms with Crippen molar-refractivity contribution in [3.63, 3.8) is 0 Å². The first-order valence-electron chi connectivity index (χ1n) is 9.24. The van der Waals surface area contributed by atoms with E-state index in [2.05, 4.69) is 0 Å². The molecule has 29 heavy (non-hydrogen) atoms. The fourth-order valence-electron chi connectivity index (χ4n) is 3.80. The van der Waals surface area contributed by atoms with Gasteiger partial charge in [-0.1, -0.05) is 48.2 Å². The van der Waals surface area contributed by atoms with Crippen molar-refractivity contribution in [3.05, 3.63) is 83.9 Å². The number of para-hydroxylation sites is 2. The maximum Gasteiger partial charge on any atom is 0.262 e. The second kappa shape index (κ2) is 6.60. The molecule has 0 fully saturated rings. The lowest BCUT2D eigenvalue weighted by Crippen LogP contribution is -2.48. The van der Waals surface area contributed by atoms with Crippen LogP contribution in [0.25, 0.3) is 0 Å². The normalized spacial score (nSPS) is 15.6. The highest BCUT2D eigenvalue weighted by atomic mass is 32.2. The standard InChI is InChI=1S/C23H16N2O3S/c1-14(24-22(27)15-8-2-3-9-16(15)23(24)28)21(26)25-17-10-4-6-12-19(17)29-20-13-7-5-11-18(20)25/h2-14H,1H3/t14-/m1/s1. The topological polar surface area (TPSA) is 57.7 Å². The summed E-state index contributed by atoms with van der Waals surface area (Å²) in [4.78, 5) is 43.9. The number of carbonyl (C=O) groups is 3. The minimum absolute atomic E-state index is 0.320. The number of fused-ring (bicyclic) bond motifs is 3. The Labute approximate surface area is 171 Å². The molecule has 2 heterocycles. The van der Waals surface area contributed by atoms with Gasteiger partial charge in [0.25, 0.3) is 17.7 Å². The van der Waals surface area contributed by atoms with Crippen molar-refractivity contribution in [2.75, 3.05) is 4.90 Å². The number of hydrogen-bond acceptors (Lipinski definition) is 4. The molecule has 0 saturated heterocycles. The van der Waals surface area contributed by atoms with Gasteiger partial charge in [-0.2, -0.15) is 0 Å². The molecule has 0 saturated carbocycles. The first-order chi connectivity index (χ1) is 14.1. The Kier molecular flexibility index (Phi) is 4.03. The third kappa shape index (κ3) is 2.60. The predicted octanol–water partition coefficient (Wildman–Crippen LogP) is 4.50. The highest BCUT2D eigenvalue weighted by Crippen LogP contribution is 2.48. The van der Waals surface area contributed by atoms with Crippen molar-refractivity contribution in [2.24, 2.45) is 0 Å². The highest BCUT2D eigenvalue weighted by molar-refractivity contribution is 7.99. The summed E-state index contributed by atoms with van der Waals surface area (Å²) in [5.41, 5.74) is 2.19. The molecule has 0 spiro atoms. The maximum absolute atomic E-state index is 13.6. The molecule has 0 aliphatic carbocycles. The summed E-state index contributed by atoms with van der Waals surface area (Å²) in [5.74, 6) is -1.18. The third-order valence-electron chi connectivity index (χ3n) is 5.22. The van der Waals surface area contributed by atoms with E-state index in [1.807, 2.05) is 48.5 Å². The fraction of sp³-hybridized carbons (Fsp3) is 0.0870. The average Bonchev–Trinajstić information content (AvgIpc) is 3.01. The Morgan fingerprint density at radius 3 is 1.72 bits per heavy atom. The Morgan fingerprint density at radius 2 is 1.21 bits per heavy atom. The molecule has 3 aromatic rings. The molecule has 142 valence electrons. The van der Waals surface area contributed by atoms with Crippen molar-refractivity contribution in [1.82, 2.24) is 4.90 Å². The minimum atomic E-state index is -0.938. The Hall–Kier alpha value is -3.38. The first-order valence-corrected chi connectivity index (χ1v) is 10.1. The number of amides is 3. The lowest BCUT2D eigenvalue weighted by Gasteiger charge is -2.34. The van der Waals surface area contributed by atoms with Crippen LogP contribution < -0.4 is 4.90 Å². The van der Waals surface area contributed by atoms with Crippen LogP contribution in [-0.4, -0.2) is 28.7 Å². The average molecular weight is 400 g/mol. The maximum atomic E-state index is 13.6. The van der Waals surface area contributed by atoms with Gasteiger partial charge in [0.1, 0.15) is 6.04 Å². The van der Waals surface area contributed by atoms with Gasteiger partial charge in [-0.3, -0.25) is 24.2 Å². The van der Waals surface area contributed by atoms with E-state index >= 15 is 0 Å². The number of anilines is 2.